The quantitative estimate of drug-likeness (QED) is 0.851. The summed E-state index contributed by atoms with van der Waals surface area (Å²) in [4.78, 5) is 0. The lowest BCUT2D eigenvalue weighted by Gasteiger charge is -2.22. The van der Waals surface area contributed by atoms with Crippen molar-refractivity contribution in [2.75, 3.05) is 0 Å². The molecule has 0 saturated carbocycles. The minimum atomic E-state index is -0.832. The van der Waals surface area contributed by atoms with Crippen LogP contribution >= 0.6 is 0 Å². The standard InChI is InChI=1S/C15H18O2/c1-10(2)14(16)15(17)13-9-5-7-11-6-3-4-8-12(11)13/h3-10,14-17H,1-2H3. The first-order chi connectivity index (χ1) is 8.11. The number of aliphatic hydroxyl groups excluding tert-OH is 2. The Morgan fingerprint density at radius 2 is 1.53 bits per heavy atom. The van der Waals surface area contributed by atoms with E-state index in [4.69, 9.17) is 0 Å². The molecule has 0 bridgehead atoms. The Labute approximate surface area is 102 Å². The maximum atomic E-state index is 10.2. The van der Waals surface area contributed by atoms with Gasteiger partial charge in [-0.3, -0.25) is 0 Å². The molecule has 0 fully saturated rings. The van der Waals surface area contributed by atoms with Gasteiger partial charge in [-0.15, -0.1) is 0 Å². The van der Waals surface area contributed by atoms with E-state index < -0.39 is 12.2 Å². The Bertz CT molecular complexity index is 500. The molecule has 0 spiro atoms. The van der Waals surface area contributed by atoms with Crippen LogP contribution in [0.1, 0.15) is 25.5 Å². The minimum absolute atomic E-state index is 0.0315. The Kier molecular flexibility index (Phi) is 3.46. The van der Waals surface area contributed by atoms with Gasteiger partial charge in [0.05, 0.1) is 6.10 Å². The Balaban J connectivity index is 2.48. The van der Waals surface area contributed by atoms with Gasteiger partial charge in [-0.1, -0.05) is 56.3 Å². The summed E-state index contributed by atoms with van der Waals surface area (Å²) >= 11 is 0. The molecule has 0 saturated heterocycles. The average Bonchev–Trinajstić information content (AvgIpc) is 2.36. The molecule has 2 atom stereocenters. The van der Waals surface area contributed by atoms with Gasteiger partial charge in [0.25, 0.3) is 0 Å². The second-order valence-corrected chi connectivity index (χ2v) is 4.75. The Morgan fingerprint density at radius 3 is 2.24 bits per heavy atom. The summed E-state index contributed by atoms with van der Waals surface area (Å²) < 4.78 is 0. The highest BCUT2D eigenvalue weighted by molar-refractivity contribution is 5.86. The molecule has 0 aliphatic heterocycles. The molecule has 90 valence electrons. The fourth-order valence-electron chi connectivity index (χ4n) is 2.06. The van der Waals surface area contributed by atoms with Crippen LogP contribution in [0.25, 0.3) is 10.8 Å². The topological polar surface area (TPSA) is 40.5 Å². The van der Waals surface area contributed by atoms with Crippen molar-refractivity contribution in [3.63, 3.8) is 0 Å². The van der Waals surface area contributed by atoms with Crippen molar-refractivity contribution < 1.29 is 10.2 Å². The lowest BCUT2D eigenvalue weighted by Crippen LogP contribution is -2.24. The van der Waals surface area contributed by atoms with Crippen LogP contribution in [0.5, 0.6) is 0 Å². The molecule has 2 N–H and O–H groups in total. The van der Waals surface area contributed by atoms with Crippen molar-refractivity contribution in [1.29, 1.82) is 0 Å². The van der Waals surface area contributed by atoms with E-state index >= 15 is 0 Å². The average molecular weight is 230 g/mol. The number of fused-ring (bicyclic) bond motifs is 1. The van der Waals surface area contributed by atoms with Gasteiger partial charge >= 0.3 is 0 Å². The third-order valence-corrected chi connectivity index (χ3v) is 3.15. The third kappa shape index (κ3) is 2.33. The molecule has 2 rings (SSSR count). The molecule has 0 heterocycles. The van der Waals surface area contributed by atoms with Crippen molar-refractivity contribution in [2.45, 2.75) is 26.1 Å². The maximum absolute atomic E-state index is 10.2. The lowest BCUT2D eigenvalue weighted by molar-refractivity contribution is -0.00861. The van der Waals surface area contributed by atoms with Gasteiger partial charge in [-0.25, -0.2) is 0 Å². The van der Waals surface area contributed by atoms with Gasteiger partial charge in [0.1, 0.15) is 6.10 Å². The number of hydrogen-bond donors (Lipinski definition) is 2. The zero-order chi connectivity index (χ0) is 12.4. The number of benzene rings is 2. The predicted octanol–water partition coefficient (Wildman–Crippen LogP) is 2.89. The smallest absolute Gasteiger partial charge is 0.106 e. The molecule has 2 aromatic carbocycles. The highest BCUT2D eigenvalue weighted by atomic mass is 16.3. The number of aliphatic hydroxyl groups is 2. The van der Waals surface area contributed by atoms with Crippen LogP contribution in [-0.2, 0) is 0 Å². The molecular formula is C15H18O2. The molecule has 0 aliphatic carbocycles. The molecule has 0 aromatic heterocycles. The van der Waals surface area contributed by atoms with Crippen LogP contribution in [0.15, 0.2) is 42.5 Å². The third-order valence-electron chi connectivity index (χ3n) is 3.15. The largest absolute Gasteiger partial charge is 0.390 e. The van der Waals surface area contributed by atoms with Crippen LogP contribution in [0, 0.1) is 5.92 Å². The van der Waals surface area contributed by atoms with Crippen LogP contribution in [0.4, 0.5) is 0 Å². The SMILES string of the molecule is CC(C)C(O)C(O)c1cccc2ccccc12. The van der Waals surface area contributed by atoms with Crippen molar-refractivity contribution in [3.05, 3.63) is 48.0 Å². The van der Waals surface area contributed by atoms with Crippen molar-refractivity contribution in [2.24, 2.45) is 5.92 Å². The molecular weight excluding hydrogens is 212 g/mol. The summed E-state index contributed by atoms with van der Waals surface area (Å²) in [5.74, 6) is 0.0315. The van der Waals surface area contributed by atoms with E-state index in [1.165, 1.54) is 0 Å². The van der Waals surface area contributed by atoms with E-state index in [-0.39, 0.29) is 5.92 Å². The van der Waals surface area contributed by atoms with E-state index in [0.29, 0.717) is 0 Å². The molecule has 2 nitrogen and oxygen atoms in total. The predicted molar refractivity (Wildman–Crippen MR) is 69.8 cm³/mol. The zero-order valence-corrected chi connectivity index (χ0v) is 10.2. The van der Waals surface area contributed by atoms with Crippen molar-refractivity contribution in [1.82, 2.24) is 0 Å². The fraction of sp³-hybridized carbons (Fsp3) is 0.333. The number of hydrogen-bond acceptors (Lipinski definition) is 2. The van der Waals surface area contributed by atoms with Gasteiger partial charge < -0.3 is 10.2 Å². The van der Waals surface area contributed by atoms with E-state index in [2.05, 4.69) is 0 Å². The molecule has 2 aromatic rings. The van der Waals surface area contributed by atoms with Crippen LogP contribution < -0.4 is 0 Å². The molecule has 0 radical (unpaired) electrons. The highest BCUT2D eigenvalue weighted by Gasteiger charge is 2.22. The van der Waals surface area contributed by atoms with Crippen LogP contribution in [0.3, 0.4) is 0 Å². The molecule has 0 amide bonds. The van der Waals surface area contributed by atoms with Gasteiger partial charge in [0, 0.05) is 0 Å². The van der Waals surface area contributed by atoms with E-state index in [9.17, 15) is 10.2 Å². The Morgan fingerprint density at radius 1 is 0.882 bits per heavy atom. The van der Waals surface area contributed by atoms with Gasteiger partial charge in [-0.2, -0.15) is 0 Å². The van der Waals surface area contributed by atoms with Crippen molar-refractivity contribution in [3.8, 4) is 0 Å². The van der Waals surface area contributed by atoms with E-state index in [1.807, 2.05) is 56.3 Å². The van der Waals surface area contributed by atoms with Crippen LogP contribution in [0.2, 0.25) is 0 Å². The normalized spacial score (nSPS) is 15.1. The zero-order valence-electron chi connectivity index (χ0n) is 10.2. The first-order valence-corrected chi connectivity index (χ1v) is 5.95. The van der Waals surface area contributed by atoms with E-state index in [0.717, 1.165) is 16.3 Å². The monoisotopic (exact) mass is 230 g/mol. The minimum Gasteiger partial charge on any atom is -0.390 e. The molecule has 17 heavy (non-hydrogen) atoms. The summed E-state index contributed by atoms with van der Waals surface area (Å²) in [5, 5.41) is 22.3. The molecule has 2 unspecified atom stereocenters. The van der Waals surface area contributed by atoms with Crippen molar-refractivity contribution >= 4 is 10.8 Å². The molecule has 2 heteroatoms. The summed E-state index contributed by atoms with van der Waals surface area (Å²) in [6, 6.07) is 13.7. The first kappa shape index (κ1) is 12.1. The second-order valence-electron chi connectivity index (χ2n) is 4.75. The maximum Gasteiger partial charge on any atom is 0.106 e. The summed E-state index contributed by atoms with van der Waals surface area (Å²) in [6.07, 6.45) is -1.57. The number of rotatable bonds is 3. The van der Waals surface area contributed by atoms with Gasteiger partial charge in [0.2, 0.25) is 0 Å². The molecule has 0 aliphatic rings. The fourth-order valence-corrected chi connectivity index (χ4v) is 2.06. The summed E-state index contributed by atoms with van der Waals surface area (Å²) in [5.41, 5.74) is 0.796. The van der Waals surface area contributed by atoms with Gasteiger partial charge in [0.15, 0.2) is 0 Å². The Hall–Kier alpha value is -1.38. The highest BCUT2D eigenvalue weighted by Crippen LogP contribution is 2.28. The lowest BCUT2D eigenvalue weighted by atomic mass is 9.92. The summed E-state index contributed by atoms with van der Waals surface area (Å²) in [6.45, 7) is 3.80. The van der Waals surface area contributed by atoms with E-state index in [1.54, 1.807) is 0 Å². The first-order valence-electron chi connectivity index (χ1n) is 5.95. The van der Waals surface area contributed by atoms with Gasteiger partial charge in [-0.05, 0) is 22.3 Å². The summed E-state index contributed by atoms with van der Waals surface area (Å²) in [7, 11) is 0. The van der Waals surface area contributed by atoms with Crippen LogP contribution in [-0.4, -0.2) is 16.3 Å². The second kappa shape index (κ2) is 4.86.